The summed E-state index contributed by atoms with van der Waals surface area (Å²) in [6.45, 7) is 2.39. The SMILES string of the molecule is Cc1csc(CNC(=O)CCc2ncc(-c3ccc(Cl)cc3)o2)n1. The molecule has 1 amide bonds. The topological polar surface area (TPSA) is 68.0 Å². The highest BCUT2D eigenvalue weighted by atomic mass is 35.5. The molecule has 1 N–H and O–H groups in total. The lowest BCUT2D eigenvalue weighted by molar-refractivity contribution is -0.121. The molecule has 0 unspecified atom stereocenters. The Hall–Kier alpha value is -2.18. The average Bonchev–Trinajstić information content (AvgIpc) is 3.21. The highest BCUT2D eigenvalue weighted by Crippen LogP contribution is 2.22. The second kappa shape index (κ2) is 7.59. The van der Waals surface area contributed by atoms with Crippen LogP contribution in [-0.4, -0.2) is 15.9 Å². The van der Waals surface area contributed by atoms with E-state index in [2.05, 4.69) is 15.3 Å². The maximum Gasteiger partial charge on any atom is 0.220 e. The molecule has 5 nitrogen and oxygen atoms in total. The van der Waals surface area contributed by atoms with Gasteiger partial charge >= 0.3 is 0 Å². The molecule has 0 aliphatic rings. The van der Waals surface area contributed by atoms with Crippen molar-refractivity contribution in [3.05, 3.63) is 57.5 Å². The molecular formula is C17H16ClN3O2S. The van der Waals surface area contributed by atoms with E-state index in [4.69, 9.17) is 16.0 Å². The zero-order valence-corrected chi connectivity index (χ0v) is 14.7. The summed E-state index contributed by atoms with van der Waals surface area (Å²) < 4.78 is 5.68. The van der Waals surface area contributed by atoms with Crippen LogP contribution in [0.25, 0.3) is 11.3 Å². The number of nitrogens with zero attached hydrogens (tertiary/aromatic N) is 2. The molecule has 0 aliphatic carbocycles. The van der Waals surface area contributed by atoms with Gasteiger partial charge in [-0.1, -0.05) is 11.6 Å². The number of aryl methyl sites for hydroxylation is 2. The Morgan fingerprint density at radius 3 is 2.83 bits per heavy atom. The Morgan fingerprint density at radius 1 is 1.33 bits per heavy atom. The highest BCUT2D eigenvalue weighted by Gasteiger charge is 2.09. The van der Waals surface area contributed by atoms with Crippen LogP contribution in [0.2, 0.25) is 5.02 Å². The molecule has 0 saturated carbocycles. The summed E-state index contributed by atoms with van der Waals surface area (Å²) in [6, 6.07) is 7.34. The number of hydrogen-bond acceptors (Lipinski definition) is 5. The van der Waals surface area contributed by atoms with E-state index in [9.17, 15) is 4.79 Å². The molecule has 0 fully saturated rings. The molecule has 24 heavy (non-hydrogen) atoms. The quantitative estimate of drug-likeness (QED) is 0.720. The van der Waals surface area contributed by atoms with Crippen molar-refractivity contribution in [1.29, 1.82) is 0 Å². The summed E-state index contributed by atoms with van der Waals surface area (Å²) in [4.78, 5) is 20.4. The number of benzene rings is 1. The summed E-state index contributed by atoms with van der Waals surface area (Å²) in [7, 11) is 0. The molecule has 0 aliphatic heterocycles. The number of nitrogens with one attached hydrogen (secondary N) is 1. The normalized spacial score (nSPS) is 10.8. The van der Waals surface area contributed by atoms with Crippen LogP contribution in [0.15, 0.2) is 40.3 Å². The molecule has 7 heteroatoms. The van der Waals surface area contributed by atoms with Gasteiger partial charge in [0.15, 0.2) is 11.7 Å². The van der Waals surface area contributed by atoms with Crippen LogP contribution >= 0.6 is 22.9 Å². The van der Waals surface area contributed by atoms with Crippen molar-refractivity contribution in [2.45, 2.75) is 26.3 Å². The molecule has 0 saturated heterocycles. The number of amides is 1. The number of hydrogen-bond donors (Lipinski definition) is 1. The first-order valence-corrected chi connectivity index (χ1v) is 8.74. The summed E-state index contributed by atoms with van der Waals surface area (Å²) in [5.41, 5.74) is 1.88. The van der Waals surface area contributed by atoms with Gasteiger partial charge < -0.3 is 9.73 Å². The van der Waals surface area contributed by atoms with E-state index >= 15 is 0 Å². The Morgan fingerprint density at radius 2 is 2.12 bits per heavy atom. The highest BCUT2D eigenvalue weighted by molar-refractivity contribution is 7.09. The van der Waals surface area contributed by atoms with Gasteiger partial charge in [-0.15, -0.1) is 11.3 Å². The minimum absolute atomic E-state index is 0.0471. The Bertz CT molecular complexity index is 826. The van der Waals surface area contributed by atoms with E-state index in [-0.39, 0.29) is 5.91 Å². The number of oxazole rings is 1. The van der Waals surface area contributed by atoms with Gasteiger partial charge in [-0.05, 0) is 31.2 Å². The first-order chi connectivity index (χ1) is 11.6. The van der Waals surface area contributed by atoms with Crippen LogP contribution in [0, 0.1) is 6.92 Å². The smallest absolute Gasteiger partial charge is 0.220 e. The second-order valence-corrected chi connectivity index (χ2v) is 6.66. The summed E-state index contributed by atoms with van der Waals surface area (Å²) in [5.74, 6) is 1.16. The van der Waals surface area contributed by atoms with Crippen molar-refractivity contribution in [3.8, 4) is 11.3 Å². The summed E-state index contributed by atoms with van der Waals surface area (Å²) in [5, 5.41) is 6.39. The predicted molar refractivity (Wildman–Crippen MR) is 94.0 cm³/mol. The van der Waals surface area contributed by atoms with Gasteiger partial charge in [0.1, 0.15) is 5.01 Å². The lowest BCUT2D eigenvalue weighted by Crippen LogP contribution is -2.22. The van der Waals surface area contributed by atoms with Gasteiger partial charge in [0.25, 0.3) is 0 Å². The van der Waals surface area contributed by atoms with Gasteiger partial charge in [0.2, 0.25) is 5.91 Å². The Balaban J connectivity index is 1.49. The van der Waals surface area contributed by atoms with E-state index < -0.39 is 0 Å². The number of thiazole rings is 1. The predicted octanol–water partition coefficient (Wildman–Crippen LogP) is 4.01. The first-order valence-electron chi connectivity index (χ1n) is 7.48. The van der Waals surface area contributed by atoms with Gasteiger partial charge in [-0.25, -0.2) is 9.97 Å². The molecule has 2 aromatic heterocycles. The number of carbonyl (C=O) groups excluding carboxylic acids is 1. The van der Waals surface area contributed by atoms with Gasteiger partial charge in [-0.2, -0.15) is 0 Å². The fourth-order valence-electron chi connectivity index (χ4n) is 2.14. The molecular weight excluding hydrogens is 346 g/mol. The van der Waals surface area contributed by atoms with Crippen molar-refractivity contribution in [1.82, 2.24) is 15.3 Å². The largest absolute Gasteiger partial charge is 0.441 e. The molecule has 0 atom stereocenters. The van der Waals surface area contributed by atoms with Crippen LogP contribution < -0.4 is 5.32 Å². The molecule has 3 rings (SSSR count). The maximum atomic E-state index is 11.9. The van der Waals surface area contributed by atoms with Crippen molar-refractivity contribution in [3.63, 3.8) is 0 Å². The number of halogens is 1. The monoisotopic (exact) mass is 361 g/mol. The summed E-state index contributed by atoms with van der Waals surface area (Å²) in [6.07, 6.45) is 2.44. The number of carbonyl (C=O) groups is 1. The summed E-state index contributed by atoms with van der Waals surface area (Å²) >= 11 is 7.41. The van der Waals surface area contributed by atoms with E-state index in [0.29, 0.717) is 36.1 Å². The molecule has 0 radical (unpaired) electrons. The van der Waals surface area contributed by atoms with E-state index in [1.807, 2.05) is 24.4 Å². The maximum absolute atomic E-state index is 11.9. The third kappa shape index (κ3) is 4.43. The molecule has 0 bridgehead atoms. The van der Waals surface area contributed by atoms with Crippen molar-refractivity contribution in [2.75, 3.05) is 0 Å². The van der Waals surface area contributed by atoms with E-state index in [0.717, 1.165) is 16.3 Å². The standard InChI is InChI=1S/C17H16ClN3O2S/c1-11-10-24-17(21-11)9-19-15(22)6-7-16-20-8-14(23-16)12-2-4-13(18)5-3-12/h2-5,8,10H,6-7,9H2,1H3,(H,19,22). The number of aromatic nitrogens is 2. The van der Waals surface area contributed by atoms with Gasteiger partial charge in [-0.3, -0.25) is 4.79 Å². The van der Waals surface area contributed by atoms with Crippen molar-refractivity contribution in [2.24, 2.45) is 0 Å². The zero-order valence-electron chi connectivity index (χ0n) is 13.1. The fourth-order valence-corrected chi connectivity index (χ4v) is 2.98. The van der Waals surface area contributed by atoms with Gasteiger partial charge in [0.05, 0.1) is 12.7 Å². The molecule has 124 valence electrons. The zero-order chi connectivity index (χ0) is 16.9. The van der Waals surface area contributed by atoms with E-state index in [1.54, 1.807) is 29.7 Å². The van der Waals surface area contributed by atoms with Crippen LogP contribution in [0.3, 0.4) is 0 Å². The van der Waals surface area contributed by atoms with Crippen LogP contribution in [0.1, 0.15) is 23.0 Å². The molecule has 1 aromatic carbocycles. The minimum atomic E-state index is -0.0471. The fraction of sp³-hybridized carbons (Fsp3) is 0.235. The van der Waals surface area contributed by atoms with Crippen molar-refractivity contribution >= 4 is 28.8 Å². The van der Waals surface area contributed by atoms with Crippen LogP contribution in [-0.2, 0) is 17.8 Å². The second-order valence-electron chi connectivity index (χ2n) is 5.28. The van der Waals surface area contributed by atoms with Crippen LogP contribution in [0.5, 0.6) is 0 Å². The molecule has 0 spiro atoms. The Kier molecular flexibility index (Phi) is 5.27. The third-order valence-electron chi connectivity index (χ3n) is 3.35. The molecule has 2 heterocycles. The average molecular weight is 362 g/mol. The van der Waals surface area contributed by atoms with Crippen LogP contribution in [0.4, 0.5) is 0 Å². The number of rotatable bonds is 6. The first kappa shape index (κ1) is 16.7. The lowest BCUT2D eigenvalue weighted by Gasteiger charge is -2.01. The minimum Gasteiger partial charge on any atom is -0.441 e. The third-order valence-corrected chi connectivity index (χ3v) is 4.57. The van der Waals surface area contributed by atoms with Crippen molar-refractivity contribution < 1.29 is 9.21 Å². The lowest BCUT2D eigenvalue weighted by atomic mass is 10.2. The van der Waals surface area contributed by atoms with E-state index in [1.165, 1.54) is 0 Å². The molecule has 3 aromatic rings. The Labute approximate surface area is 148 Å². The van der Waals surface area contributed by atoms with Gasteiger partial charge in [0, 0.05) is 34.5 Å².